The molecule has 1 rings (SSSR count). The van der Waals surface area contributed by atoms with Crippen molar-refractivity contribution in [2.45, 2.75) is 53.5 Å². The van der Waals surface area contributed by atoms with Gasteiger partial charge in [0.05, 0.1) is 12.6 Å². The summed E-state index contributed by atoms with van der Waals surface area (Å²) in [4.78, 5) is 14.0. The van der Waals surface area contributed by atoms with Gasteiger partial charge in [-0.3, -0.25) is 9.69 Å². The lowest BCUT2D eigenvalue weighted by Gasteiger charge is -2.39. The number of piperidine rings is 1. The van der Waals surface area contributed by atoms with E-state index in [0.29, 0.717) is 12.5 Å². The van der Waals surface area contributed by atoms with Crippen LogP contribution in [-0.2, 0) is 4.79 Å². The van der Waals surface area contributed by atoms with Gasteiger partial charge in [-0.25, -0.2) is 0 Å². The molecule has 0 aliphatic carbocycles. The third kappa shape index (κ3) is 5.92. The van der Waals surface area contributed by atoms with Crippen LogP contribution in [0.15, 0.2) is 0 Å². The maximum Gasteiger partial charge on any atom is 0.222 e. The molecule has 4 nitrogen and oxygen atoms in total. The number of hydrogen-bond acceptors (Lipinski definition) is 3. The van der Waals surface area contributed by atoms with Gasteiger partial charge in [-0.05, 0) is 24.2 Å². The first-order valence-corrected chi connectivity index (χ1v) is 7.61. The average Bonchev–Trinajstić information content (AvgIpc) is 2.26. The van der Waals surface area contributed by atoms with Crippen LogP contribution >= 0.6 is 0 Å². The standard InChI is InChI=1S/C16H29N3O/c1-12(2)15(20)18-14-8-13(9-16(3,4)5)10-19(11-14)7-6-17/h12-14H,7-11H2,1-5H3,(H,18,20). The Bertz CT molecular complexity index is 365. The van der Waals surface area contributed by atoms with Gasteiger partial charge < -0.3 is 5.32 Å². The third-order valence-electron chi connectivity index (χ3n) is 3.68. The number of carbonyl (C=O) groups excluding carboxylic acids is 1. The number of rotatable bonds is 4. The number of hydrogen-bond donors (Lipinski definition) is 1. The molecule has 0 aromatic rings. The molecular weight excluding hydrogens is 250 g/mol. The second-order valence-electron chi connectivity index (χ2n) is 7.58. The van der Waals surface area contributed by atoms with Gasteiger partial charge in [-0.1, -0.05) is 34.6 Å². The first kappa shape index (κ1) is 17.0. The highest BCUT2D eigenvalue weighted by Crippen LogP contribution is 2.30. The number of nitrogens with one attached hydrogen (secondary N) is 1. The fourth-order valence-corrected chi connectivity index (χ4v) is 3.02. The number of amides is 1. The molecule has 2 unspecified atom stereocenters. The Balaban J connectivity index is 2.65. The van der Waals surface area contributed by atoms with Crippen molar-refractivity contribution in [3.8, 4) is 6.07 Å². The van der Waals surface area contributed by atoms with Crippen LogP contribution in [0.3, 0.4) is 0 Å². The fourth-order valence-electron chi connectivity index (χ4n) is 3.02. The zero-order chi connectivity index (χ0) is 15.3. The van der Waals surface area contributed by atoms with E-state index in [1.165, 1.54) is 0 Å². The summed E-state index contributed by atoms with van der Waals surface area (Å²) in [7, 11) is 0. The normalized spacial score (nSPS) is 24.4. The molecule has 20 heavy (non-hydrogen) atoms. The van der Waals surface area contributed by atoms with Crippen molar-refractivity contribution in [2.75, 3.05) is 19.6 Å². The molecule has 1 saturated heterocycles. The Hall–Kier alpha value is -1.08. The second kappa shape index (κ2) is 7.08. The lowest BCUT2D eigenvalue weighted by atomic mass is 9.80. The summed E-state index contributed by atoms with van der Waals surface area (Å²) >= 11 is 0. The number of nitriles is 1. The summed E-state index contributed by atoms with van der Waals surface area (Å²) in [6.45, 7) is 12.8. The first-order valence-electron chi connectivity index (χ1n) is 7.61. The summed E-state index contributed by atoms with van der Waals surface area (Å²) in [5.41, 5.74) is 0.285. The van der Waals surface area contributed by atoms with Crippen molar-refractivity contribution < 1.29 is 4.79 Å². The molecule has 1 aliphatic heterocycles. The van der Waals surface area contributed by atoms with Crippen molar-refractivity contribution in [3.05, 3.63) is 0 Å². The minimum absolute atomic E-state index is 0.0161. The molecular formula is C16H29N3O. The molecule has 1 heterocycles. The summed E-state index contributed by atoms with van der Waals surface area (Å²) in [5.74, 6) is 0.681. The van der Waals surface area contributed by atoms with Crippen LogP contribution in [0.2, 0.25) is 0 Å². The highest BCUT2D eigenvalue weighted by atomic mass is 16.1. The molecule has 2 atom stereocenters. The Morgan fingerprint density at radius 3 is 2.55 bits per heavy atom. The molecule has 0 aromatic carbocycles. The highest BCUT2D eigenvalue weighted by Gasteiger charge is 2.30. The lowest BCUT2D eigenvalue weighted by molar-refractivity contribution is -0.125. The van der Waals surface area contributed by atoms with Crippen LogP contribution in [0.1, 0.15) is 47.5 Å². The molecule has 0 radical (unpaired) electrons. The van der Waals surface area contributed by atoms with Gasteiger partial charge >= 0.3 is 0 Å². The molecule has 1 fully saturated rings. The molecule has 1 amide bonds. The van der Waals surface area contributed by atoms with Gasteiger partial charge in [0.1, 0.15) is 0 Å². The van der Waals surface area contributed by atoms with Crippen LogP contribution in [0.5, 0.6) is 0 Å². The Morgan fingerprint density at radius 2 is 2.05 bits per heavy atom. The van der Waals surface area contributed by atoms with Gasteiger partial charge in [0.25, 0.3) is 0 Å². The molecule has 114 valence electrons. The van der Waals surface area contributed by atoms with E-state index in [4.69, 9.17) is 5.26 Å². The molecule has 0 saturated carbocycles. The van der Waals surface area contributed by atoms with E-state index in [2.05, 4.69) is 37.1 Å². The quantitative estimate of drug-likeness (QED) is 0.804. The van der Waals surface area contributed by atoms with E-state index in [-0.39, 0.29) is 23.3 Å². The molecule has 0 aromatic heterocycles. The minimum atomic E-state index is 0.0161. The van der Waals surface area contributed by atoms with E-state index < -0.39 is 0 Å². The highest BCUT2D eigenvalue weighted by molar-refractivity contribution is 5.78. The minimum Gasteiger partial charge on any atom is -0.352 e. The third-order valence-corrected chi connectivity index (χ3v) is 3.68. The van der Waals surface area contributed by atoms with Gasteiger partial charge in [0.15, 0.2) is 0 Å². The largest absolute Gasteiger partial charge is 0.352 e. The maximum atomic E-state index is 11.9. The van der Waals surface area contributed by atoms with Crippen molar-refractivity contribution in [1.82, 2.24) is 10.2 Å². The monoisotopic (exact) mass is 279 g/mol. The first-order chi connectivity index (χ1) is 9.21. The van der Waals surface area contributed by atoms with Crippen molar-refractivity contribution in [2.24, 2.45) is 17.3 Å². The van der Waals surface area contributed by atoms with E-state index in [1.54, 1.807) is 0 Å². The van der Waals surface area contributed by atoms with E-state index >= 15 is 0 Å². The average molecular weight is 279 g/mol. The maximum absolute atomic E-state index is 11.9. The molecule has 1 N–H and O–H groups in total. The zero-order valence-electron chi connectivity index (χ0n) is 13.6. The van der Waals surface area contributed by atoms with Crippen molar-refractivity contribution >= 4 is 5.91 Å². The van der Waals surface area contributed by atoms with Crippen LogP contribution in [-0.4, -0.2) is 36.5 Å². The van der Waals surface area contributed by atoms with Crippen molar-refractivity contribution in [1.29, 1.82) is 5.26 Å². The Labute approximate surface area is 123 Å². The summed E-state index contributed by atoms with van der Waals surface area (Å²) in [6, 6.07) is 2.41. The summed E-state index contributed by atoms with van der Waals surface area (Å²) in [6.07, 6.45) is 2.15. The van der Waals surface area contributed by atoms with Crippen LogP contribution < -0.4 is 5.32 Å². The van der Waals surface area contributed by atoms with Crippen molar-refractivity contribution in [3.63, 3.8) is 0 Å². The molecule has 4 heteroatoms. The predicted octanol–water partition coefficient (Wildman–Crippen LogP) is 2.41. The lowest BCUT2D eigenvalue weighted by Crippen LogP contribution is -2.52. The molecule has 0 spiro atoms. The fraction of sp³-hybridized carbons (Fsp3) is 0.875. The van der Waals surface area contributed by atoms with Gasteiger partial charge in [0.2, 0.25) is 5.91 Å². The van der Waals surface area contributed by atoms with E-state index in [9.17, 15) is 4.79 Å². The smallest absolute Gasteiger partial charge is 0.222 e. The topological polar surface area (TPSA) is 56.1 Å². The Kier molecular flexibility index (Phi) is 6.01. The van der Waals surface area contributed by atoms with Gasteiger partial charge in [-0.15, -0.1) is 0 Å². The number of carbonyl (C=O) groups is 1. The summed E-state index contributed by atoms with van der Waals surface area (Å²) < 4.78 is 0. The van der Waals surface area contributed by atoms with Crippen LogP contribution in [0, 0.1) is 28.6 Å². The van der Waals surface area contributed by atoms with Gasteiger partial charge in [0, 0.05) is 25.0 Å². The van der Waals surface area contributed by atoms with Gasteiger partial charge in [-0.2, -0.15) is 5.26 Å². The van der Waals surface area contributed by atoms with E-state index in [0.717, 1.165) is 25.9 Å². The number of likely N-dealkylation sites (tertiary alicyclic amines) is 1. The predicted molar refractivity (Wildman–Crippen MR) is 81.0 cm³/mol. The number of nitrogens with zero attached hydrogens (tertiary/aromatic N) is 2. The zero-order valence-corrected chi connectivity index (χ0v) is 13.6. The Morgan fingerprint density at radius 1 is 1.40 bits per heavy atom. The van der Waals surface area contributed by atoms with Crippen LogP contribution in [0.4, 0.5) is 0 Å². The van der Waals surface area contributed by atoms with Crippen LogP contribution in [0.25, 0.3) is 0 Å². The SMILES string of the molecule is CC(C)C(=O)NC1CC(CC(C)(C)C)CN(CC#N)C1. The molecule has 0 bridgehead atoms. The summed E-state index contributed by atoms with van der Waals surface area (Å²) in [5, 5.41) is 12.0. The molecule has 1 aliphatic rings. The van der Waals surface area contributed by atoms with E-state index in [1.807, 2.05) is 13.8 Å². The second-order valence-corrected chi connectivity index (χ2v) is 7.58.